The summed E-state index contributed by atoms with van der Waals surface area (Å²) >= 11 is 0. The van der Waals surface area contributed by atoms with Gasteiger partial charge in [-0.2, -0.15) is 0 Å². The first kappa shape index (κ1) is 16.0. The number of nitrogens with one attached hydrogen (secondary N) is 1. The number of piperidine rings is 1. The van der Waals surface area contributed by atoms with E-state index >= 15 is 0 Å². The highest BCUT2D eigenvalue weighted by atomic mass is 15.2. The molecule has 2 heteroatoms. The molecule has 1 rings (SSSR count). The zero-order valence-corrected chi connectivity index (χ0v) is 13.3. The van der Waals surface area contributed by atoms with Crippen LogP contribution in [-0.2, 0) is 0 Å². The zero-order chi connectivity index (χ0) is 13.6. The van der Waals surface area contributed by atoms with Crippen molar-refractivity contribution in [2.45, 2.75) is 78.8 Å². The third-order valence-electron chi connectivity index (χ3n) is 3.88. The quantitative estimate of drug-likeness (QED) is 0.778. The van der Waals surface area contributed by atoms with Crippen molar-refractivity contribution in [3.05, 3.63) is 0 Å². The summed E-state index contributed by atoms with van der Waals surface area (Å²) in [6.07, 6.45) is 6.89. The minimum Gasteiger partial charge on any atom is -0.313 e. The van der Waals surface area contributed by atoms with Gasteiger partial charge in [0.25, 0.3) is 0 Å². The second-order valence-electron chi connectivity index (χ2n) is 7.41. The average molecular weight is 254 g/mol. The van der Waals surface area contributed by atoms with Crippen molar-refractivity contribution in [1.29, 1.82) is 0 Å². The molecule has 1 unspecified atom stereocenters. The van der Waals surface area contributed by atoms with E-state index in [9.17, 15) is 0 Å². The topological polar surface area (TPSA) is 15.3 Å². The van der Waals surface area contributed by atoms with Crippen molar-refractivity contribution in [2.75, 3.05) is 19.6 Å². The summed E-state index contributed by atoms with van der Waals surface area (Å²) in [7, 11) is 0. The first-order valence-electron chi connectivity index (χ1n) is 7.86. The molecule has 0 aromatic carbocycles. The Bertz CT molecular complexity index is 218. The highest BCUT2D eigenvalue weighted by Gasteiger charge is 2.22. The summed E-state index contributed by atoms with van der Waals surface area (Å²) in [5.41, 5.74) is 0.488. The monoisotopic (exact) mass is 254 g/mol. The van der Waals surface area contributed by atoms with Gasteiger partial charge in [0.05, 0.1) is 0 Å². The summed E-state index contributed by atoms with van der Waals surface area (Å²) in [6.45, 7) is 15.3. The molecule has 0 saturated carbocycles. The molecule has 0 aromatic heterocycles. The van der Waals surface area contributed by atoms with E-state index in [-0.39, 0.29) is 0 Å². The fourth-order valence-electron chi connectivity index (χ4n) is 2.77. The average Bonchev–Trinajstić information content (AvgIpc) is 2.26. The maximum absolute atomic E-state index is 3.61. The number of hydrogen-bond acceptors (Lipinski definition) is 2. The SMILES string of the molecule is CC(C)NCC1CCCCN1CCCC(C)(C)C. The molecular formula is C16H34N2. The second kappa shape index (κ2) is 7.49. The lowest BCUT2D eigenvalue weighted by Gasteiger charge is -2.37. The Morgan fingerprint density at radius 1 is 1.22 bits per heavy atom. The van der Waals surface area contributed by atoms with E-state index in [1.807, 2.05) is 0 Å². The number of nitrogens with zero attached hydrogens (tertiary/aromatic N) is 1. The van der Waals surface area contributed by atoms with E-state index in [0.29, 0.717) is 11.5 Å². The largest absolute Gasteiger partial charge is 0.313 e. The van der Waals surface area contributed by atoms with E-state index in [2.05, 4.69) is 44.8 Å². The number of hydrogen-bond donors (Lipinski definition) is 1. The van der Waals surface area contributed by atoms with Crippen LogP contribution in [0.3, 0.4) is 0 Å². The molecule has 1 atom stereocenters. The van der Waals surface area contributed by atoms with E-state index in [0.717, 1.165) is 6.04 Å². The minimum absolute atomic E-state index is 0.488. The van der Waals surface area contributed by atoms with Crippen LogP contribution in [0.5, 0.6) is 0 Å². The molecule has 1 saturated heterocycles. The third-order valence-corrected chi connectivity index (χ3v) is 3.88. The predicted molar refractivity (Wildman–Crippen MR) is 81.0 cm³/mol. The molecule has 18 heavy (non-hydrogen) atoms. The van der Waals surface area contributed by atoms with E-state index in [1.54, 1.807) is 0 Å². The molecule has 0 bridgehead atoms. The van der Waals surface area contributed by atoms with Crippen molar-refractivity contribution >= 4 is 0 Å². The molecule has 2 nitrogen and oxygen atoms in total. The minimum atomic E-state index is 0.488. The summed E-state index contributed by atoms with van der Waals surface area (Å²) in [4.78, 5) is 2.73. The Labute approximate surface area is 115 Å². The lowest BCUT2D eigenvalue weighted by molar-refractivity contribution is 0.136. The summed E-state index contributed by atoms with van der Waals surface area (Å²) < 4.78 is 0. The van der Waals surface area contributed by atoms with Crippen LogP contribution < -0.4 is 5.32 Å². The van der Waals surface area contributed by atoms with Crippen LogP contribution in [0.15, 0.2) is 0 Å². The van der Waals surface area contributed by atoms with Crippen molar-refractivity contribution in [3.63, 3.8) is 0 Å². The summed E-state index contributed by atoms with van der Waals surface area (Å²) in [5.74, 6) is 0. The first-order chi connectivity index (χ1) is 8.38. The summed E-state index contributed by atoms with van der Waals surface area (Å²) in [5, 5.41) is 3.61. The summed E-state index contributed by atoms with van der Waals surface area (Å²) in [6, 6.07) is 1.39. The standard InChI is InChI=1S/C16H34N2/c1-14(2)17-13-15-9-6-7-11-18(15)12-8-10-16(3,4)5/h14-15,17H,6-13H2,1-5H3. The van der Waals surface area contributed by atoms with Gasteiger partial charge in [-0.3, -0.25) is 4.90 Å². The fourth-order valence-corrected chi connectivity index (χ4v) is 2.77. The molecule has 0 amide bonds. The highest BCUT2D eigenvalue weighted by molar-refractivity contribution is 4.79. The lowest BCUT2D eigenvalue weighted by Crippen LogP contribution is -2.47. The van der Waals surface area contributed by atoms with E-state index in [4.69, 9.17) is 0 Å². The van der Waals surface area contributed by atoms with Crippen LogP contribution in [0.4, 0.5) is 0 Å². The van der Waals surface area contributed by atoms with Gasteiger partial charge in [0.15, 0.2) is 0 Å². The van der Waals surface area contributed by atoms with Gasteiger partial charge >= 0.3 is 0 Å². The predicted octanol–water partition coefficient (Wildman–Crippen LogP) is 3.67. The molecule has 0 aliphatic carbocycles. The van der Waals surface area contributed by atoms with Crippen LogP contribution in [0.2, 0.25) is 0 Å². The normalized spacial score (nSPS) is 22.7. The van der Waals surface area contributed by atoms with Gasteiger partial charge in [-0.05, 0) is 44.2 Å². The van der Waals surface area contributed by atoms with Crippen molar-refractivity contribution in [2.24, 2.45) is 5.41 Å². The lowest BCUT2D eigenvalue weighted by atomic mass is 9.90. The Morgan fingerprint density at radius 3 is 2.56 bits per heavy atom. The molecule has 1 aliphatic heterocycles. The van der Waals surface area contributed by atoms with Crippen molar-refractivity contribution in [3.8, 4) is 0 Å². The Balaban J connectivity index is 2.30. The van der Waals surface area contributed by atoms with Gasteiger partial charge in [-0.25, -0.2) is 0 Å². The van der Waals surface area contributed by atoms with Gasteiger partial charge in [0.2, 0.25) is 0 Å². The van der Waals surface area contributed by atoms with E-state index < -0.39 is 0 Å². The third kappa shape index (κ3) is 6.75. The molecule has 108 valence electrons. The zero-order valence-electron chi connectivity index (χ0n) is 13.3. The Hall–Kier alpha value is -0.0800. The van der Waals surface area contributed by atoms with Crippen LogP contribution in [0.1, 0.15) is 66.7 Å². The molecule has 1 N–H and O–H groups in total. The number of likely N-dealkylation sites (tertiary alicyclic amines) is 1. The second-order valence-corrected chi connectivity index (χ2v) is 7.41. The molecule has 1 aliphatic rings. The maximum atomic E-state index is 3.61. The molecule has 0 radical (unpaired) electrons. The van der Waals surface area contributed by atoms with Gasteiger partial charge in [-0.1, -0.05) is 41.0 Å². The van der Waals surface area contributed by atoms with Gasteiger partial charge < -0.3 is 5.32 Å². The molecule has 0 aromatic rings. The molecule has 0 spiro atoms. The molecule has 1 fully saturated rings. The Morgan fingerprint density at radius 2 is 1.94 bits per heavy atom. The maximum Gasteiger partial charge on any atom is 0.0220 e. The van der Waals surface area contributed by atoms with Crippen molar-refractivity contribution in [1.82, 2.24) is 10.2 Å². The van der Waals surface area contributed by atoms with Crippen LogP contribution in [0, 0.1) is 5.41 Å². The van der Waals surface area contributed by atoms with Gasteiger partial charge in [-0.15, -0.1) is 0 Å². The fraction of sp³-hybridized carbons (Fsp3) is 1.00. The Kier molecular flexibility index (Phi) is 6.65. The van der Waals surface area contributed by atoms with E-state index in [1.165, 1.54) is 51.7 Å². The van der Waals surface area contributed by atoms with Gasteiger partial charge in [0.1, 0.15) is 0 Å². The first-order valence-corrected chi connectivity index (χ1v) is 7.86. The molecular weight excluding hydrogens is 220 g/mol. The van der Waals surface area contributed by atoms with Gasteiger partial charge in [0, 0.05) is 18.6 Å². The highest BCUT2D eigenvalue weighted by Crippen LogP contribution is 2.23. The van der Waals surface area contributed by atoms with Crippen LogP contribution in [0.25, 0.3) is 0 Å². The van der Waals surface area contributed by atoms with Crippen molar-refractivity contribution < 1.29 is 0 Å². The smallest absolute Gasteiger partial charge is 0.0220 e. The van der Waals surface area contributed by atoms with Crippen LogP contribution >= 0.6 is 0 Å². The number of rotatable bonds is 6. The van der Waals surface area contributed by atoms with Crippen LogP contribution in [-0.4, -0.2) is 36.6 Å². The molecule has 1 heterocycles.